The molecule has 0 atom stereocenters. The molecule has 0 saturated carbocycles. The maximum absolute atomic E-state index is 12.1. The summed E-state index contributed by atoms with van der Waals surface area (Å²) < 4.78 is 0. The van der Waals surface area contributed by atoms with Crippen LogP contribution in [-0.4, -0.2) is 16.0 Å². The first kappa shape index (κ1) is 11.4. The summed E-state index contributed by atoms with van der Waals surface area (Å²) in [6.45, 7) is 2.13. The van der Waals surface area contributed by atoms with Crippen molar-refractivity contribution in [3.8, 4) is 0 Å². The minimum atomic E-state index is -0.0979. The Morgan fingerprint density at radius 2 is 2.06 bits per heavy atom. The fraction of sp³-hybridized carbons (Fsp3) is 0.231. The van der Waals surface area contributed by atoms with Crippen LogP contribution in [0.4, 0.5) is 5.82 Å². The molecule has 0 spiro atoms. The number of nitrogens with zero attached hydrogens (tertiary/aromatic N) is 1. The number of ketones is 1. The van der Waals surface area contributed by atoms with Crippen molar-refractivity contribution in [1.29, 1.82) is 0 Å². The summed E-state index contributed by atoms with van der Waals surface area (Å²) in [5, 5.41) is 6.30. The van der Waals surface area contributed by atoms with Gasteiger partial charge in [0.2, 0.25) is 0 Å². The van der Waals surface area contributed by atoms with Crippen molar-refractivity contribution in [1.82, 2.24) is 10.2 Å². The first-order valence-electron chi connectivity index (χ1n) is 5.65. The Morgan fingerprint density at radius 1 is 1.35 bits per heavy atom. The third-order valence-electron chi connectivity index (χ3n) is 2.67. The summed E-state index contributed by atoms with van der Waals surface area (Å²) in [6.07, 6.45) is 3.59. The lowest BCUT2D eigenvalue weighted by atomic mass is 10.0. The summed E-state index contributed by atoms with van der Waals surface area (Å²) in [6, 6.07) is 7.62. The van der Waals surface area contributed by atoms with E-state index >= 15 is 0 Å². The van der Waals surface area contributed by atoms with Gasteiger partial charge in [-0.05, 0) is 12.0 Å². The molecule has 1 aromatic heterocycles. The molecule has 17 heavy (non-hydrogen) atoms. The molecule has 0 radical (unpaired) electrons. The smallest absolute Gasteiger partial charge is 0.198 e. The van der Waals surface area contributed by atoms with Gasteiger partial charge in [-0.3, -0.25) is 9.89 Å². The minimum Gasteiger partial charge on any atom is -0.383 e. The van der Waals surface area contributed by atoms with E-state index in [0.29, 0.717) is 16.9 Å². The highest BCUT2D eigenvalue weighted by Crippen LogP contribution is 2.14. The van der Waals surface area contributed by atoms with Crippen molar-refractivity contribution >= 4 is 11.6 Å². The van der Waals surface area contributed by atoms with Gasteiger partial charge in [-0.25, -0.2) is 0 Å². The van der Waals surface area contributed by atoms with E-state index in [1.807, 2.05) is 24.3 Å². The van der Waals surface area contributed by atoms with Crippen LogP contribution in [0.1, 0.15) is 34.8 Å². The molecule has 3 N–H and O–H groups in total. The monoisotopic (exact) mass is 229 g/mol. The third kappa shape index (κ3) is 2.36. The number of carbonyl (C=O) groups excluding carboxylic acids is 1. The predicted molar refractivity (Wildman–Crippen MR) is 66.9 cm³/mol. The van der Waals surface area contributed by atoms with Crippen LogP contribution in [0.2, 0.25) is 0 Å². The molecule has 1 aromatic carbocycles. The van der Waals surface area contributed by atoms with Gasteiger partial charge in [-0.15, -0.1) is 0 Å². The Morgan fingerprint density at radius 3 is 2.59 bits per heavy atom. The number of H-pyrrole nitrogens is 1. The summed E-state index contributed by atoms with van der Waals surface area (Å²) >= 11 is 0. The first-order chi connectivity index (χ1) is 8.22. The maximum atomic E-state index is 12.1. The summed E-state index contributed by atoms with van der Waals surface area (Å²) in [4.78, 5) is 12.1. The van der Waals surface area contributed by atoms with Gasteiger partial charge in [-0.1, -0.05) is 37.6 Å². The molecule has 0 saturated heterocycles. The van der Waals surface area contributed by atoms with Crippen LogP contribution >= 0.6 is 0 Å². The average Bonchev–Trinajstić information content (AvgIpc) is 2.76. The Balaban J connectivity index is 2.23. The first-order valence-corrected chi connectivity index (χ1v) is 5.65. The van der Waals surface area contributed by atoms with Gasteiger partial charge < -0.3 is 5.73 Å². The molecule has 0 aliphatic rings. The van der Waals surface area contributed by atoms with Gasteiger partial charge in [0.25, 0.3) is 0 Å². The van der Waals surface area contributed by atoms with Gasteiger partial charge in [0.15, 0.2) is 5.78 Å². The number of nitrogen functional groups attached to an aromatic ring is 1. The zero-order valence-electron chi connectivity index (χ0n) is 9.73. The number of hydrogen-bond acceptors (Lipinski definition) is 3. The van der Waals surface area contributed by atoms with E-state index in [4.69, 9.17) is 5.73 Å². The van der Waals surface area contributed by atoms with E-state index in [-0.39, 0.29) is 5.78 Å². The number of carbonyl (C=O) groups is 1. The van der Waals surface area contributed by atoms with Gasteiger partial charge in [0, 0.05) is 5.56 Å². The van der Waals surface area contributed by atoms with Crippen LogP contribution in [0.25, 0.3) is 0 Å². The Bertz CT molecular complexity index is 514. The van der Waals surface area contributed by atoms with Crippen LogP contribution in [0.15, 0.2) is 30.5 Å². The number of aromatic nitrogens is 2. The van der Waals surface area contributed by atoms with Gasteiger partial charge in [0.05, 0.1) is 11.8 Å². The number of benzene rings is 1. The zero-order valence-corrected chi connectivity index (χ0v) is 9.73. The van der Waals surface area contributed by atoms with E-state index < -0.39 is 0 Å². The molecule has 2 rings (SSSR count). The molecule has 88 valence electrons. The minimum absolute atomic E-state index is 0.0979. The van der Waals surface area contributed by atoms with Crippen molar-refractivity contribution in [2.75, 3.05) is 5.73 Å². The topological polar surface area (TPSA) is 71.8 Å². The second-order valence-corrected chi connectivity index (χ2v) is 3.97. The maximum Gasteiger partial charge on any atom is 0.198 e. The Kier molecular flexibility index (Phi) is 3.23. The fourth-order valence-corrected chi connectivity index (χ4v) is 1.74. The van der Waals surface area contributed by atoms with Crippen molar-refractivity contribution in [3.63, 3.8) is 0 Å². The molecule has 1 heterocycles. The molecule has 2 aromatic rings. The number of aromatic amines is 1. The van der Waals surface area contributed by atoms with E-state index in [2.05, 4.69) is 17.1 Å². The molecule has 0 unspecified atom stereocenters. The van der Waals surface area contributed by atoms with Crippen LogP contribution in [0.5, 0.6) is 0 Å². The van der Waals surface area contributed by atoms with E-state index in [1.165, 1.54) is 11.8 Å². The number of nitrogens with two attached hydrogens (primary N) is 1. The molecular weight excluding hydrogens is 214 g/mol. The van der Waals surface area contributed by atoms with E-state index in [0.717, 1.165) is 12.8 Å². The van der Waals surface area contributed by atoms with Gasteiger partial charge >= 0.3 is 0 Å². The summed E-state index contributed by atoms with van der Waals surface area (Å²) in [5.41, 5.74) is 7.92. The second-order valence-electron chi connectivity index (χ2n) is 3.97. The van der Waals surface area contributed by atoms with Crippen LogP contribution in [0, 0.1) is 0 Å². The Hall–Kier alpha value is -2.10. The third-order valence-corrected chi connectivity index (χ3v) is 2.67. The lowest BCUT2D eigenvalue weighted by Crippen LogP contribution is -2.03. The lowest BCUT2D eigenvalue weighted by Gasteiger charge is -2.02. The number of nitrogens with one attached hydrogen (secondary N) is 1. The number of rotatable bonds is 4. The van der Waals surface area contributed by atoms with Crippen molar-refractivity contribution in [2.24, 2.45) is 0 Å². The molecular formula is C13H15N3O. The number of hydrogen-bond donors (Lipinski definition) is 2. The highest BCUT2D eigenvalue weighted by atomic mass is 16.1. The summed E-state index contributed by atoms with van der Waals surface area (Å²) in [5.74, 6) is 0.215. The zero-order chi connectivity index (χ0) is 12.3. The fourth-order valence-electron chi connectivity index (χ4n) is 1.74. The number of aryl methyl sites for hydroxylation is 1. The molecule has 0 fully saturated rings. The molecule has 0 aliphatic heterocycles. The average molecular weight is 229 g/mol. The summed E-state index contributed by atoms with van der Waals surface area (Å²) in [7, 11) is 0. The normalized spacial score (nSPS) is 10.4. The molecule has 4 heteroatoms. The highest BCUT2D eigenvalue weighted by molar-refractivity contribution is 6.11. The predicted octanol–water partition coefficient (Wildman–Crippen LogP) is 2.18. The van der Waals surface area contributed by atoms with Gasteiger partial charge in [-0.2, -0.15) is 5.10 Å². The largest absolute Gasteiger partial charge is 0.383 e. The van der Waals surface area contributed by atoms with E-state index in [1.54, 1.807) is 0 Å². The van der Waals surface area contributed by atoms with E-state index in [9.17, 15) is 4.79 Å². The van der Waals surface area contributed by atoms with Crippen LogP contribution in [-0.2, 0) is 6.42 Å². The Labute approximate surface area is 99.8 Å². The molecule has 0 aliphatic carbocycles. The number of anilines is 1. The molecule has 0 bridgehead atoms. The van der Waals surface area contributed by atoms with Crippen molar-refractivity contribution < 1.29 is 4.79 Å². The second kappa shape index (κ2) is 4.82. The molecule has 4 nitrogen and oxygen atoms in total. The van der Waals surface area contributed by atoms with Crippen LogP contribution < -0.4 is 5.73 Å². The molecule has 0 amide bonds. The van der Waals surface area contributed by atoms with Crippen molar-refractivity contribution in [2.45, 2.75) is 19.8 Å². The quantitative estimate of drug-likeness (QED) is 0.789. The van der Waals surface area contributed by atoms with Gasteiger partial charge in [0.1, 0.15) is 5.82 Å². The van der Waals surface area contributed by atoms with Crippen molar-refractivity contribution in [3.05, 3.63) is 47.2 Å². The van der Waals surface area contributed by atoms with Crippen LogP contribution in [0.3, 0.4) is 0 Å². The lowest BCUT2D eigenvalue weighted by molar-refractivity contribution is 0.103. The SMILES string of the molecule is CCCc1ccc(C(=O)c2cn[nH]c2N)cc1. The highest BCUT2D eigenvalue weighted by Gasteiger charge is 2.13. The standard InChI is InChI=1S/C13H15N3O/c1-2-3-9-4-6-10(7-5-9)12(17)11-8-15-16-13(11)14/h4-8H,2-3H2,1H3,(H3,14,15,16).